The second-order valence-corrected chi connectivity index (χ2v) is 6.43. The Morgan fingerprint density at radius 1 is 1.19 bits per heavy atom. The van der Waals surface area contributed by atoms with Crippen molar-refractivity contribution >= 4 is 11.6 Å². The molecule has 0 saturated carbocycles. The number of nitro groups is 1. The molecule has 0 aliphatic carbocycles. The third-order valence-corrected chi connectivity index (χ3v) is 4.58. The van der Waals surface area contributed by atoms with E-state index in [4.69, 9.17) is 0 Å². The number of piperidine rings is 1. The first-order valence-electron chi connectivity index (χ1n) is 8.54. The Kier molecular flexibility index (Phi) is 5.58. The lowest BCUT2D eigenvalue weighted by molar-refractivity contribution is -0.387. The molecule has 0 bridgehead atoms. The molecule has 0 radical (unpaired) electrons. The zero-order chi connectivity index (χ0) is 18.5. The summed E-state index contributed by atoms with van der Waals surface area (Å²) >= 11 is 0. The van der Waals surface area contributed by atoms with Crippen molar-refractivity contribution in [3.63, 3.8) is 0 Å². The van der Waals surface area contributed by atoms with Crippen LogP contribution in [0.25, 0.3) is 0 Å². The van der Waals surface area contributed by atoms with E-state index in [0.29, 0.717) is 0 Å². The van der Waals surface area contributed by atoms with Crippen molar-refractivity contribution in [1.82, 2.24) is 10.2 Å². The minimum atomic E-state index is -1.000. The summed E-state index contributed by atoms with van der Waals surface area (Å²) in [6, 6.07) is 13.5. The summed E-state index contributed by atoms with van der Waals surface area (Å²) in [6.45, 7) is 2.62. The second-order valence-electron chi connectivity index (χ2n) is 6.43. The molecular formula is C19H20FN3O3. The van der Waals surface area contributed by atoms with Gasteiger partial charge in [-0.05, 0) is 30.5 Å². The van der Waals surface area contributed by atoms with Gasteiger partial charge in [-0.3, -0.25) is 19.8 Å². The number of rotatable bonds is 5. The smallest absolute Gasteiger partial charge is 0.304 e. The standard InChI is InChI=1S/C19H20FN3O3/c20-17-12-15(6-7-18(17)23(25)26)19(24)21-16-8-10-22(11-9-16)13-14-4-2-1-3-5-14/h1-7,12,16H,8-11,13H2,(H,21,24). The summed E-state index contributed by atoms with van der Waals surface area (Å²) in [7, 11) is 0. The number of carbonyl (C=O) groups is 1. The first-order chi connectivity index (χ1) is 12.5. The Balaban J connectivity index is 1.52. The Morgan fingerprint density at radius 3 is 2.50 bits per heavy atom. The molecule has 0 atom stereocenters. The maximum absolute atomic E-state index is 13.7. The van der Waals surface area contributed by atoms with Gasteiger partial charge in [0.1, 0.15) is 0 Å². The van der Waals surface area contributed by atoms with Gasteiger partial charge in [0, 0.05) is 37.3 Å². The van der Waals surface area contributed by atoms with Gasteiger partial charge in [0.05, 0.1) is 4.92 Å². The zero-order valence-electron chi connectivity index (χ0n) is 14.2. The maximum atomic E-state index is 13.7. The van der Waals surface area contributed by atoms with Crippen molar-refractivity contribution in [3.05, 3.63) is 75.6 Å². The molecule has 0 aromatic heterocycles. The summed E-state index contributed by atoms with van der Waals surface area (Å²) in [5.41, 5.74) is 0.729. The first-order valence-corrected chi connectivity index (χ1v) is 8.54. The predicted molar refractivity (Wildman–Crippen MR) is 95.3 cm³/mol. The zero-order valence-corrected chi connectivity index (χ0v) is 14.2. The molecule has 0 unspecified atom stereocenters. The third-order valence-electron chi connectivity index (χ3n) is 4.58. The lowest BCUT2D eigenvalue weighted by Crippen LogP contribution is -2.44. The molecule has 1 aliphatic heterocycles. The Labute approximate surface area is 150 Å². The van der Waals surface area contributed by atoms with Crippen LogP contribution in [0.15, 0.2) is 48.5 Å². The molecule has 3 rings (SSSR count). The number of likely N-dealkylation sites (tertiary alicyclic amines) is 1. The van der Waals surface area contributed by atoms with E-state index in [1.165, 1.54) is 11.6 Å². The summed E-state index contributed by atoms with van der Waals surface area (Å²) < 4.78 is 13.7. The van der Waals surface area contributed by atoms with Gasteiger partial charge in [0.2, 0.25) is 5.82 Å². The first kappa shape index (κ1) is 18.0. The van der Waals surface area contributed by atoms with Gasteiger partial charge >= 0.3 is 5.69 Å². The number of halogens is 1. The summed E-state index contributed by atoms with van der Waals surface area (Å²) in [5, 5.41) is 13.5. The van der Waals surface area contributed by atoms with Crippen LogP contribution in [-0.2, 0) is 6.54 Å². The minimum absolute atomic E-state index is 0.0211. The number of carbonyl (C=O) groups excluding carboxylic acids is 1. The normalized spacial score (nSPS) is 15.6. The molecule has 6 nitrogen and oxygen atoms in total. The quantitative estimate of drug-likeness (QED) is 0.659. The Morgan fingerprint density at radius 2 is 1.88 bits per heavy atom. The monoisotopic (exact) mass is 357 g/mol. The van der Waals surface area contributed by atoms with E-state index in [2.05, 4.69) is 22.3 Å². The molecule has 1 saturated heterocycles. The number of nitrogens with zero attached hydrogens (tertiary/aromatic N) is 2. The van der Waals surface area contributed by atoms with Crippen LogP contribution in [-0.4, -0.2) is 34.9 Å². The summed E-state index contributed by atoms with van der Waals surface area (Å²) in [6.07, 6.45) is 1.63. The van der Waals surface area contributed by atoms with Crippen molar-refractivity contribution in [2.45, 2.75) is 25.4 Å². The highest BCUT2D eigenvalue weighted by Crippen LogP contribution is 2.19. The van der Waals surface area contributed by atoms with Crippen molar-refractivity contribution in [1.29, 1.82) is 0 Å². The Hall–Kier alpha value is -2.80. The van der Waals surface area contributed by atoms with Gasteiger partial charge in [-0.15, -0.1) is 0 Å². The lowest BCUT2D eigenvalue weighted by Gasteiger charge is -2.32. The van der Waals surface area contributed by atoms with Crippen LogP contribution in [0.4, 0.5) is 10.1 Å². The van der Waals surface area contributed by atoms with E-state index in [0.717, 1.165) is 44.6 Å². The molecule has 1 amide bonds. The number of nitrogens with one attached hydrogen (secondary N) is 1. The van der Waals surface area contributed by atoms with Crippen LogP contribution in [0.5, 0.6) is 0 Å². The number of amides is 1. The van der Waals surface area contributed by atoms with Gasteiger partial charge in [0.15, 0.2) is 0 Å². The molecule has 26 heavy (non-hydrogen) atoms. The van der Waals surface area contributed by atoms with Crippen molar-refractivity contribution < 1.29 is 14.1 Å². The highest BCUT2D eigenvalue weighted by Gasteiger charge is 2.22. The van der Waals surface area contributed by atoms with Gasteiger partial charge < -0.3 is 5.32 Å². The fourth-order valence-electron chi connectivity index (χ4n) is 3.14. The van der Waals surface area contributed by atoms with Crippen molar-refractivity contribution in [2.75, 3.05) is 13.1 Å². The molecule has 1 fully saturated rings. The van der Waals surface area contributed by atoms with Gasteiger partial charge in [-0.25, -0.2) is 0 Å². The molecule has 0 spiro atoms. The number of nitro benzene ring substituents is 1. The van der Waals surface area contributed by atoms with E-state index >= 15 is 0 Å². The number of benzene rings is 2. The SMILES string of the molecule is O=C(NC1CCN(Cc2ccccc2)CC1)c1ccc([N+](=O)[O-])c(F)c1. The largest absolute Gasteiger partial charge is 0.349 e. The van der Waals surface area contributed by atoms with Crippen molar-refractivity contribution in [2.24, 2.45) is 0 Å². The van der Waals surface area contributed by atoms with E-state index in [-0.39, 0.29) is 11.6 Å². The van der Waals surface area contributed by atoms with Gasteiger partial charge in [-0.1, -0.05) is 30.3 Å². The van der Waals surface area contributed by atoms with Crippen LogP contribution in [0.1, 0.15) is 28.8 Å². The molecule has 7 heteroatoms. The molecule has 2 aromatic carbocycles. The number of hydrogen-bond donors (Lipinski definition) is 1. The van der Waals surface area contributed by atoms with E-state index < -0.39 is 22.3 Å². The molecule has 1 N–H and O–H groups in total. The number of hydrogen-bond acceptors (Lipinski definition) is 4. The van der Waals surface area contributed by atoms with Crippen LogP contribution in [0.3, 0.4) is 0 Å². The third kappa shape index (κ3) is 4.43. The minimum Gasteiger partial charge on any atom is -0.349 e. The highest BCUT2D eigenvalue weighted by molar-refractivity contribution is 5.94. The van der Waals surface area contributed by atoms with Crippen LogP contribution in [0, 0.1) is 15.9 Å². The van der Waals surface area contributed by atoms with Gasteiger partial charge in [0.25, 0.3) is 5.91 Å². The lowest BCUT2D eigenvalue weighted by atomic mass is 10.0. The average Bonchev–Trinajstić information content (AvgIpc) is 2.64. The van der Waals surface area contributed by atoms with Crippen LogP contribution in [0.2, 0.25) is 0 Å². The average molecular weight is 357 g/mol. The topological polar surface area (TPSA) is 75.5 Å². The van der Waals surface area contributed by atoms with Crippen LogP contribution >= 0.6 is 0 Å². The van der Waals surface area contributed by atoms with E-state index in [1.54, 1.807) is 0 Å². The van der Waals surface area contributed by atoms with Gasteiger partial charge in [-0.2, -0.15) is 4.39 Å². The molecule has 1 aliphatic rings. The van der Waals surface area contributed by atoms with Crippen molar-refractivity contribution in [3.8, 4) is 0 Å². The van der Waals surface area contributed by atoms with E-state index in [1.807, 2.05) is 18.2 Å². The second kappa shape index (κ2) is 8.05. The maximum Gasteiger partial charge on any atom is 0.304 e. The van der Waals surface area contributed by atoms with Crippen LogP contribution < -0.4 is 5.32 Å². The predicted octanol–water partition coefficient (Wildman–Crippen LogP) is 3.13. The fourth-order valence-corrected chi connectivity index (χ4v) is 3.14. The molecule has 136 valence electrons. The highest BCUT2D eigenvalue weighted by atomic mass is 19.1. The molecule has 1 heterocycles. The molecular weight excluding hydrogens is 337 g/mol. The van der Waals surface area contributed by atoms with E-state index in [9.17, 15) is 19.3 Å². The summed E-state index contributed by atoms with van der Waals surface area (Å²) in [4.78, 5) is 24.4. The summed E-state index contributed by atoms with van der Waals surface area (Å²) in [5.74, 6) is -1.40. The fraction of sp³-hybridized carbons (Fsp3) is 0.316. The Bertz CT molecular complexity index is 790. The molecule has 2 aromatic rings.